The largest absolute Gasteiger partial charge is 0.383 e. The van der Waals surface area contributed by atoms with Gasteiger partial charge in [-0.05, 0) is 24.1 Å². The Labute approximate surface area is 204 Å². The van der Waals surface area contributed by atoms with Crippen molar-refractivity contribution in [3.63, 3.8) is 0 Å². The van der Waals surface area contributed by atoms with E-state index in [0.29, 0.717) is 6.54 Å². The van der Waals surface area contributed by atoms with Crippen LogP contribution in [0.4, 0.5) is 17.2 Å². The fourth-order valence-electron chi connectivity index (χ4n) is 4.80. The summed E-state index contributed by atoms with van der Waals surface area (Å²) in [7, 11) is 1.95. The minimum atomic E-state index is -0.607. The number of allylic oxidation sites excluding steroid dienone is 1. The first kappa shape index (κ1) is 24.1. The lowest BCUT2D eigenvalue weighted by Crippen LogP contribution is -2.40. The lowest BCUT2D eigenvalue weighted by Gasteiger charge is -2.26. The zero-order chi connectivity index (χ0) is 25.3. The average molecular weight is 474 g/mol. The number of H-pyrrole nitrogens is 1. The highest BCUT2D eigenvalue weighted by Gasteiger charge is 2.38. The van der Waals surface area contributed by atoms with E-state index in [-0.39, 0.29) is 35.8 Å². The van der Waals surface area contributed by atoms with Gasteiger partial charge in [-0.2, -0.15) is 0 Å². The van der Waals surface area contributed by atoms with Crippen molar-refractivity contribution in [3.05, 3.63) is 98.3 Å². The minimum absolute atomic E-state index is 0.0376. The summed E-state index contributed by atoms with van der Waals surface area (Å²) in [5.74, 6) is -0.121. The highest BCUT2D eigenvalue weighted by Crippen LogP contribution is 2.46. The van der Waals surface area contributed by atoms with Gasteiger partial charge in [-0.3, -0.25) is 19.1 Å². The summed E-state index contributed by atoms with van der Waals surface area (Å²) in [5.41, 5.74) is 8.91. The highest BCUT2D eigenvalue weighted by molar-refractivity contribution is 5.96. The number of aromatic amines is 1. The number of nitrogens with one attached hydrogen (secondary N) is 1. The number of rotatable bonds is 7. The number of fused-ring (bicyclic) bond motifs is 1. The molecular weight excluding hydrogens is 442 g/mol. The topological polar surface area (TPSA) is 104 Å². The molecule has 182 valence electrons. The van der Waals surface area contributed by atoms with Crippen LogP contribution in [0.3, 0.4) is 0 Å². The van der Waals surface area contributed by atoms with Crippen molar-refractivity contribution in [1.29, 1.82) is 0 Å². The van der Waals surface area contributed by atoms with Crippen LogP contribution in [0.1, 0.15) is 31.9 Å². The van der Waals surface area contributed by atoms with E-state index in [0.717, 1.165) is 22.5 Å². The maximum absolute atomic E-state index is 13.2. The molecule has 0 radical (unpaired) electrons. The van der Waals surface area contributed by atoms with Gasteiger partial charge in [-0.1, -0.05) is 62.4 Å². The predicted molar refractivity (Wildman–Crippen MR) is 140 cm³/mol. The molecular formula is C27H31N5O3. The third kappa shape index (κ3) is 4.39. The van der Waals surface area contributed by atoms with Gasteiger partial charge in [0, 0.05) is 36.5 Å². The fourth-order valence-corrected chi connectivity index (χ4v) is 4.80. The van der Waals surface area contributed by atoms with Crippen LogP contribution >= 0.6 is 0 Å². The quantitative estimate of drug-likeness (QED) is 0.512. The smallest absolute Gasteiger partial charge is 0.330 e. The van der Waals surface area contributed by atoms with Crippen molar-refractivity contribution in [2.45, 2.75) is 32.7 Å². The molecule has 8 nitrogen and oxygen atoms in total. The van der Waals surface area contributed by atoms with Crippen LogP contribution < -0.4 is 26.8 Å². The van der Waals surface area contributed by atoms with Crippen molar-refractivity contribution in [1.82, 2.24) is 9.55 Å². The number of carbonyl (C=O) groups excluding carboxylic acids is 1. The predicted octanol–water partition coefficient (Wildman–Crippen LogP) is 2.87. The first-order chi connectivity index (χ1) is 16.6. The molecule has 2 heterocycles. The van der Waals surface area contributed by atoms with E-state index in [2.05, 4.69) is 24.9 Å². The van der Waals surface area contributed by atoms with E-state index in [1.165, 1.54) is 4.57 Å². The van der Waals surface area contributed by atoms with E-state index in [1.807, 2.05) is 67.4 Å². The Hall–Kier alpha value is -4.07. The Morgan fingerprint density at radius 1 is 1.09 bits per heavy atom. The molecule has 0 saturated carbocycles. The number of aromatic nitrogens is 2. The van der Waals surface area contributed by atoms with Crippen molar-refractivity contribution < 1.29 is 4.79 Å². The standard InChI is InChI=1S/C27H31N5O3/c1-5-31(17-19(33)15-22-27(2,3)20-13-9-10-14-21(20)30(22)4)23-24(28)32(26(35)29-25(23)34)16-18-11-7-6-8-12-18/h6-15H,5,16-17,28H2,1-4H3,(H,29,34,35)/b22-15+. The van der Waals surface area contributed by atoms with Crippen LogP contribution in [-0.2, 0) is 16.8 Å². The summed E-state index contributed by atoms with van der Waals surface area (Å²) >= 11 is 0. The van der Waals surface area contributed by atoms with E-state index >= 15 is 0 Å². The van der Waals surface area contributed by atoms with Crippen LogP contribution in [-0.4, -0.2) is 35.5 Å². The molecule has 1 aliphatic rings. The second-order valence-corrected chi connectivity index (χ2v) is 9.28. The SMILES string of the molecule is CCN(CC(=O)/C=C1/N(C)c2ccccc2C1(C)C)c1c(N)n(Cc2ccccc2)c(=O)[nH]c1=O. The van der Waals surface area contributed by atoms with Gasteiger partial charge in [-0.15, -0.1) is 0 Å². The lowest BCUT2D eigenvalue weighted by molar-refractivity contribution is -0.113. The van der Waals surface area contributed by atoms with Crippen molar-refractivity contribution >= 4 is 23.0 Å². The maximum atomic E-state index is 13.2. The van der Waals surface area contributed by atoms with E-state index in [9.17, 15) is 14.4 Å². The Bertz CT molecular complexity index is 1400. The number of ketones is 1. The summed E-state index contributed by atoms with van der Waals surface area (Å²) in [6.45, 7) is 6.56. The molecule has 0 atom stereocenters. The van der Waals surface area contributed by atoms with Crippen LogP contribution in [0.2, 0.25) is 0 Å². The summed E-state index contributed by atoms with van der Waals surface area (Å²) in [6.07, 6.45) is 1.65. The van der Waals surface area contributed by atoms with Gasteiger partial charge >= 0.3 is 5.69 Å². The zero-order valence-corrected chi connectivity index (χ0v) is 20.5. The Morgan fingerprint density at radius 3 is 2.40 bits per heavy atom. The molecule has 1 aliphatic heterocycles. The molecule has 3 N–H and O–H groups in total. The third-order valence-corrected chi connectivity index (χ3v) is 6.68. The van der Waals surface area contributed by atoms with Gasteiger partial charge in [0.1, 0.15) is 11.5 Å². The second-order valence-electron chi connectivity index (χ2n) is 9.28. The number of nitrogens with two attached hydrogens (primary N) is 1. The van der Waals surface area contributed by atoms with Crippen LogP contribution in [0.15, 0.2) is 76.0 Å². The molecule has 2 aromatic carbocycles. The molecule has 8 heteroatoms. The molecule has 35 heavy (non-hydrogen) atoms. The van der Waals surface area contributed by atoms with Crippen molar-refractivity contribution in [2.75, 3.05) is 35.7 Å². The molecule has 0 fully saturated rings. The first-order valence-electron chi connectivity index (χ1n) is 11.6. The van der Waals surface area contributed by atoms with Gasteiger partial charge in [0.05, 0.1) is 13.1 Å². The van der Waals surface area contributed by atoms with Crippen LogP contribution in [0, 0.1) is 0 Å². The fraction of sp³-hybridized carbons (Fsp3) is 0.296. The van der Waals surface area contributed by atoms with Gasteiger partial charge in [0.15, 0.2) is 5.78 Å². The van der Waals surface area contributed by atoms with Crippen molar-refractivity contribution in [2.24, 2.45) is 0 Å². The molecule has 1 aromatic heterocycles. The number of nitrogen functional groups attached to an aromatic ring is 1. The zero-order valence-electron chi connectivity index (χ0n) is 20.5. The monoisotopic (exact) mass is 473 g/mol. The number of carbonyl (C=O) groups is 1. The van der Waals surface area contributed by atoms with E-state index < -0.39 is 11.2 Å². The number of nitrogens with zero attached hydrogens (tertiary/aromatic N) is 3. The Balaban J connectivity index is 1.65. The first-order valence-corrected chi connectivity index (χ1v) is 11.6. The summed E-state index contributed by atoms with van der Waals surface area (Å²) in [6, 6.07) is 17.5. The molecule has 4 rings (SSSR count). The average Bonchev–Trinajstić information content (AvgIpc) is 3.02. The molecule has 0 unspecified atom stereocenters. The van der Waals surface area contributed by atoms with Gasteiger partial charge in [0.2, 0.25) is 0 Å². The molecule has 0 bridgehead atoms. The minimum Gasteiger partial charge on any atom is -0.383 e. The number of likely N-dealkylation sites (N-methyl/N-ethyl adjacent to an activating group) is 2. The summed E-state index contributed by atoms with van der Waals surface area (Å²) in [4.78, 5) is 44.5. The number of para-hydroxylation sites is 1. The molecule has 0 saturated heterocycles. The highest BCUT2D eigenvalue weighted by atomic mass is 16.2. The molecule has 3 aromatic rings. The number of hydrogen-bond donors (Lipinski definition) is 2. The lowest BCUT2D eigenvalue weighted by atomic mass is 9.83. The van der Waals surface area contributed by atoms with Gasteiger partial charge in [-0.25, -0.2) is 4.79 Å². The normalized spacial score (nSPS) is 15.3. The van der Waals surface area contributed by atoms with Crippen molar-refractivity contribution in [3.8, 4) is 0 Å². The Kier molecular flexibility index (Phi) is 6.39. The number of hydrogen-bond acceptors (Lipinski definition) is 6. The second kappa shape index (κ2) is 9.29. The van der Waals surface area contributed by atoms with E-state index in [4.69, 9.17) is 5.73 Å². The van der Waals surface area contributed by atoms with E-state index in [1.54, 1.807) is 11.0 Å². The summed E-state index contributed by atoms with van der Waals surface area (Å²) in [5, 5.41) is 0. The molecule has 0 aliphatic carbocycles. The maximum Gasteiger partial charge on any atom is 0.330 e. The Morgan fingerprint density at radius 2 is 1.74 bits per heavy atom. The molecule has 0 spiro atoms. The van der Waals surface area contributed by atoms with Gasteiger partial charge in [0.25, 0.3) is 5.56 Å². The summed E-state index contributed by atoms with van der Waals surface area (Å²) < 4.78 is 1.32. The molecule has 0 amide bonds. The third-order valence-electron chi connectivity index (χ3n) is 6.68. The van der Waals surface area contributed by atoms with Crippen LogP contribution in [0.5, 0.6) is 0 Å². The van der Waals surface area contributed by atoms with Crippen LogP contribution in [0.25, 0.3) is 0 Å². The van der Waals surface area contributed by atoms with Gasteiger partial charge < -0.3 is 15.5 Å². The number of benzene rings is 2. The number of anilines is 3.